The van der Waals surface area contributed by atoms with Crippen LogP contribution in [0.2, 0.25) is 0 Å². The van der Waals surface area contributed by atoms with Gasteiger partial charge in [0, 0.05) is 0 Å². The summed E-state index contributed by atoms with van der Waals surface area (Å²) in [5.74, 6) is 1.07. The summed E-state index contributed by atoms with van der Waals surface area (Å²) in [5, 5.41) is 0. The van der Waals surface area contributed by atoms with E-state index in [1.54, 1.807) is 4.13 Å². The Morgan fingerprint density at radius 1 is 1.12 bits per heavy atom. The second kappa shape index (κ2) is 5.89. The summed E-state index contributed by atoms with van der Waals surface area (Å²) in [6.07, 6.45) is 7.98. The van der Waals surface area contributed by atoms with E-state index in [-0.39, 0.29) is 22.9 Å². The lowest BCUT2D eigenvalue weighted by molar-refractivity contribution is -0.194. The lowest BCUT2D eigenvalue weighted by atomic mass is 9.47. The zero-order chi connectivity index (χ0) is 17.9. The molecule has 4 aliphatic carbocycles. The molecule has 5 aliphatic rings. The third-order valence-corrected chi connectivity index (χ3v) is 9.25. The van der Waals surface area contributed by atoms with E-state index in [9.17, 15) is 16.8 Å². The molecule has 0 amide bonds. The molecule has 3 unspecified atom stereocenters. The fourth-order valence-corrected chi connectivity index (χ4v) is 8.76. The Morgan fingerprint density at radius 2 is 1.76 bits per heavy atom. The van der Waals surface area contributed by atoms with Crippen LogP contribution in [0.3, 0.4) is 0 Å². The quantitative estimate of drug-likeness (QED) is 0.618. The van der Waals surface area contributed by atoms with Gasteiger partial charge in [-0.25, -0.2) is 16.8 Å². The molecule has 0 aromatic rings. The molecular weight excluding hydrogens is 366 g/mol. The first kappa shape index (κ1) is 18.2. The van der Waals surface area contributed by atoms with Gasteiger partial charge in [-0.3, -0.25) is 0 Å². The van der Waals surface area contributed by atoms with Crippen LogP contribution in [0.15, 0.2) is 0 Å². The lowest BCUT2D eigenvalue weighted by Gasteiger charge is -2.62. The van der Waals surface area contributed by atoms with E-state index >= 15 is 0 Å². The number of sulfonamides is 2. The van der Waals surface area contributed by atoms with Crippen molar-refractivity contribution in [2.45, 2.75) is 56.7 Å². The van der Waals surface area contributed by atoms with Gasteiger partial charge in [-0.05, 0) is 62.2 Å². The van der Waals surface area contributed by atoms with Gasteiger partial charge >= 0.3 is 0 Å². The summed E-state index contributed by atoms with van der Waals surface area (Å²) in [7, 11) is -7.58. The minimum Gasteiger partial charge on any atom is -0.372 e. The van der Waals surface area contributed by atoms with Crippen molar-refractivity contribution in [3.63, 3.8) is 0 Å². The normalized spacial score (nSPS) is 42.7. The van der Waals surface area contributed by atoms with Gasteiger partial charge in [0.05, 0.1) is 30.8 Å². The maximum atomic E-state index is 12.1. The van der Waals surface area contributed by atoms with Gasteiger partial charge in [-0.15, -0.1) is 4.13 Å². The maximum Gasteiger partial charge on any atom is 0.224 e. The molecule has 1 aliphatic heterocycles. The van der Waals surface area contributed by atoms with Gasteiger partial charge < -0.3 is 9.47 Å². The van der Waals surface area contributed by atoms with Crippen molar-refractivity contribution in [2.24, 2.45) is 17.3 Å². The molecule has 25 heavy (non-hydrogen) atoms. The van der Waals surface area contributed by atoms with Gasteiger partial charge in [0.15, 0.2) is 0 Å². The predicted octanol–water partition coefficient (Wildman–Crippen LogP) is 1.01. The average Bonchev–Trinajstić information content (AvgIpc) is 3.24. The maximum absolute atomic E-state index is 12.1. The van der Waals surface area contributed by atoms with Gasteiger partial charge in [0.2, 0.25) is 20.0 Å². The van der Waals surface area contributed by atoms with Crippen LogP contribution < -0.4 is 4.13 Å². The van der Waals surface area contributed by atoms with Crippen LogP contribution in [0, 0.1) is 17.3 Å². The predicted molar refractivity (Wildman–Crippen MR) is 91.9 cm³/mol. The Kier molecular flexibility index (Phi) is 4.28. The Bertz CT molecular complexity index is 729. The van der Waals surface area contributed by atoms with Crippen LogP contribution in [0.1, 0.15) is 44.9 Å². The molecule has 0 radical (unpaired) electrons. The monoisotopic (exact) mass is 393 g/mol. The highest BCUT2D eigenvalue weighted by atomic mass is 32.3. The van der Waals surface area contributed by atoms with Gasteiger partial charge in [0.1, 0.15) is 6.10 Å². The Hall–Kier alpha value is -0.220. The van der Waals surface area contributed by atoms with Crippen LogP contribution in [0.5, 0.6) is 0 Å². The highest BCUT2D eigenvalue weighted by Gasteiger charge is 2.58. The summed E-state index contributed by atoms with van der Waals surface area (Å²) in [6.45, 7) is 1.42. The van der Waals surface area contributed by atoms with Gasteiger partial charge in [0.25, 0.3) is 0 Å². The third kappa shape index (κ3) is 4.21. The van der Waals surface area contributed by atoms with Crippen molar-refractivity contribution in [2.75, 3.05) is 25.2 Å². The Morgan fingerprint density at radius 3 is 2.32 bits per heavy atom. The van der Waals surface area contributed by atoms with E-state index in [2.05, 4.69) is 0 Å². The minimum absolute atomic E-state index is 0.0270. The van der Waals surface area contributed by atoms with Gasteiger partial charge in [-0.1, -0.05) is 0 Å². The molecule has 1 N–H and O–H groups in total. The molecule has 9 heteroatoms. The summed E-state index contributed by atoms with van der Waals surface area (Å²) in [5.41, 5.74) is -0.148. The van der Waals surface area contributed by atoms with E-state index in [1.165, 1.54) is 6.42 Å². The van der Waals surface area contributed by atoms with Crippen molar-refractivity contribution in [1.29, 1.82) is 0 Å². The third-order valence-electron chi connectivity index (χ3n) is 6.29. The molecule has 0 aromatic carbocycles. The molecule has 4 saturated carbocycles. The molecule has 1 heterocycles. The summed E-state index contributed by atoms with van der Waals surface area (Å²) in [6, 6.07) is 0. The number of rotatable bonds is 8. The van der Waals surface area contributed by atoms with E-state index in [1.807, 2.05) is 0 Å². The van der Waals surface area contributed by atoms with E-state index in [4.69, 9.17) is 9.47 Å². The van der Waals surface area contributed by atoms with Crippen LogP contribution in [0.25, 0.3) is 0 Å². The lowest BCUT2D eigenvalue weighted by Crippen LogP contribution is -2.57. The smallest absolute Gasteiger partial charge is 0.224 e. The second-order valence-corrected chi connectivity index (χ2v) is 12.7. The fourth-order valence-electron chi connectivity index (χ4n) is 5.88. The average molecular weight is 394 g/mol. The molecule has 1 saturated heterocycles. The first-order valence-corrected chi connectivity index (χ1v) is 12.6. The molecule has 5 rings (SSSR count). The van der Waals surface area contributed by atoms with Crippen LogP contribution in [-0.4, -0.2) is 53.8 Å². The summed E-state index contributed by atoms with van der Waals surface area (Å²) < 4.78 is 60.1. The van der Waals surface area contributed by atoms with E-state index in [0.717, 1.165) is 45.0 Å². The van der Waals surface area contributed by atoms with Gasteiger partial charge in [-0.2, -0.15) is 0 Å². The van der Waals surface area contributed by atoms with Crippen molar-refractivity contribution in [3.8, 4) is 0 Å². The van der Waals surface area contributed by atoms with E-state index < -0.39 is 20.0 Å². The molecule has 5 fully saturated rings. The fraction of sp³-hybridized carbons (Fsp3) is 1.00. The standard InChI is InChI=1S/C16H27NO6S2/c1-24(18,19)17-25(20,21)3-2-15-5-12-4-13(6-15)8-16(7-12,11-15)23-10-14-9-22-14/h12-14,17H,2-11H2,1H3. The number of hydrogen-bond donors (Lipinski definition) is 1. The molecular formula is C16H27NO6S2. The highest BCUT2D eigenvalue weighted by molar-refractivity contribution is 8.04. The number of epoxide rings is 1. The first-order chi connectivity index (χ1) is 11.6. The largest absolute Gasteiger partial charge is 0.372 e. The molecule has 0 aromatic heterocycles. The van der Waals surface area contributed by atoms with Crippen molar-refractivity contribution in [3.05, 3.63) is 0 Å². The van der Waals surface area contributed by atoms with Crippen LogP contribution >= 0.6 is 0 Å². The van der Waals surface area contributed by atoms with Crippen LogP contribution in [0.4, 0.5) is 0 Å². The zero-order valence-corrected chi connectivity index (χ0v) is 16.2. The second-order valence-electron chi connectivity index (χ2n) is 8.83. The Balaban J connectivity index is 1.45. The summed E-state index contributed by atoms with van der Waals surface area (Å²) in [4.78, 5) is 0. The zero-order valence-electron chi connectivity index (χ0n) is 14.6. The molecule has 0 spiro atoms. The number of nitrogens with one attached hydrogen (secondary N) is 1. The number of hydrogen-bond acceptors (Lipinski definition) is 6. The van der Waals surface area contributed by atoms with E-state index in [0.29, 0.717) is 24.9 Å². The topological polar surface area (TPSA) is 102 Å². The number of ether oxygens (including phenoxy) is 2. The molecule has 144 valence electrons. The highest BCUT2D eigenvalue weighted by Crippen LogP contribution is 2.64. The molecule has 3 atom stereocenters. The van der Waals surface area contributed by atoms with Crippen molar-refractivity contribution < 1.29 is 26.3 Å². The first-order valence-electron chi connectivity index (χ1n) is 9.03. The van der Waals surface area contributed by atoms with Crippen molar-refractivity contribution in [1.82, 2.24) is 4.13 Å². The van der Waals surface area contributed by atoms with Crippen LogP contribution in [-0.2, 0) is 29.5 Å². The van der Waals surface area contributed by atoms with Crippen molar-refractivity contribution >= 4 is 20.0 Å². The molecule has 4 bridgehead atoms. The summed E-state index contributed by atoms with van der Waals surface area (Å²) >= 11 is 0. The molecule has 7 nitrogen and oxygen atoms in total. The Labute approximate surface area is 149 Å². The minimum atomic E-state index is -3.82. The SMILES string of the molecule is CS(=O)(=O)NS(=O)(=O)CCC12CC3CC(C1)CC(OCC1CO1)(C3)C2.